The van der Waals surface area contributed by atoms with Crippen molar-refractivity contribution in [2.75, 3.05) is 10.6 Å². The van der Waals surface area contributed by atoms with Crippen LogP contribution in [0.3, 0.4) is 0 Å². The van der Waals surface area contributed by atoms with E-state index < -0.39 is 0 Å². The first-order chi connectivity index (χ1) is 12.6. The predicted octanol–water partition coefficient (Wildman–Crippen LogP) is 3.60. The number of hydrogen-bond donors (Lipinski definition) is 2. The highest BCUT2D eigenvalue weighted by atomic mass is 16.2. The molecule has 2 N–H and O–H groups in total. The number of nitrogens with zero attached hydrogens (tertiary/aromatic N) is 2. The number of carbonyl (C=O) groups excluding carboxylic acids is 2. The molecule has 0 fully saturated rings. The van der Waals surface area contributed by atoms with Gasteiger partial charge in [-0.25, -0.2) is 0 Å². The van der Waals surface area contributed by atoms with E-state index in [-0.39, 0.29) is 11.8 Å². The SMILES string of the molecule is Cc1ccc(NC(=O)c2ccccn2)c(NC(=O)c2ccccn2)c1C. The predicted molar refractivity (Wildman–Crippen MR) is 100 cm³/mol. The van der Waals surface area contributed by atoms with Gasteiger partial charge in [0.15, 0.2) is 0 Å². The Morgan fingerprint density at radius 2 is 1.35 bits per heavy atom. The number of anilines is 2. The third-order valence-corrected chi connectivity index (χ3v) is 4.02. The van der Waals surface area contributed by atoms with Crippen molar-refractivity contribution in [3.05, 3.63) is 83.4 Å². The molecule has 2 amide bonds. The Hall–Kier alpha value is -3.54. The summed E-state index contributed by atoms with van der Waals surface area (Å²) in [7, 11) is 0. The van der Waals surface area contributed by atoms with Crippen molar-refractivity contribution in [1.82, 2.24) is 9.97 Å². The molecule has 0 saturated heterocycles. The lowest BCUT2D eigenvalue weighted by atomic mass is 10.1. The average molecular weight is 346 g/mol. The number of nitrogens with one attached hydrogen (secondary N) is 2. The number of carbonyl (C=O) groups is 2. The fraction of sp³-hybridized carbons (Fsp3) is 0.100. The minimum absolute atomic E-state index is 0.299. The second-order valence-electron chi connectivity index (χ2n) is 5.77. The summed E-state index contributed by atoms with van der Waals surface area (Å²) in [5.74, 6) is -0.685. The van der Waals surface area contributed by atoms with Crippen LogP contribution in [0.25, 0.3) is 0 Å². The van der Waals surface area contributed by atoms with Crippen LogP contribution < -0.4 is 10.6 Å². The molecule has 0 atom stereocenters. The smallest absolute Gasteiger partial charge is 0.274 e. The minimum Gasteiger partial charge on any atom is -0.319 e. The highest BCUT2D eigenvalue weighted by Crippen LogP contribution is 2.29. The molecule has 1 aromatic carbocycles. The molecule has 0 aliphatic rings. The zero-order valence-electron chi connectivity index (χ0n) is 14.5. The van der Waals surface area contributed by atoms with Gasteiger partial charge in [-0.3, -0.25) is 19.6 Å². The third kappa shape index (κ3) is 3.75. The summed E-state index contributed by atoms with van der Waals surface area (Å²) in [6.45, 7) is 3.83. The van der Waals surface area contributed by atoms with E-state index in [2.05, 4.69) is 20.6 Å². The Bertz CT molecular complexity index is 941. The van der Waals surface area contributed by atoms with Gasteiger partial charge in [-0.15, -0.1) is 0 Å². The molecule has 0 radical (unpaired) electrons. The number of amides is 2. The minimum atomic E-state index is -0.345. The molecule has 0 saturated carbocycles. The highest BCUT2D eigenvalue weighted by molar-refractivity contribution is 6.09. The molecular formula is C20H18N4O2. The monoisotopic (exact) mass is 346 g/mol. The fourth-order valence-electron chi connectivity index (χ4n) is 2.44. The van der Waals surface area contributed by atoms with Gasteiger partial charge in [0.2, 0.25) is 0 Å². The molecule has 6 nitrogen and oxygen atoms in total. The van der Waals surface area contributed by atoms with Crippen molar-refractivity contribution in [2.24, 2.45) is 0 Å². The maximum Gasteiger partial charge on any atom is 0.274 e. The fourth-order valence-corrected chi connectivity index (χ4v) is 2.44. The molecule has 26 heavy (non-hydrogen) atoms. The lowest BCUT2D eigenvalue weighted by molar-refractivity contribution is 0.101. The van der Waals surface area contributed by atoms with Crippen LogP contribution in [0.15, 0.2) is 60.9 Å². The van der Waals surface area contributed by atoms with Gasteiger partial charge < -0.3 is 10.6 Å². The van der Waals surface area contributed by atoms with Gasteiger partial charge in [0.1, 0.15) is 11.4 Å². The third-order valence-electron chi connectivity index (χ3n) is 4.02. The first-order valence-electron chi connectivity index (χ1n) is 8.11. The largest absolute Gasteiger partial charge is 0.319 e. The molecule has 6 heteroatoms. The van der Waals surface area contributed by atoms with Crippen molar-refractivity contribution in [1.29, 1.82) is 0 Å². The average Bonchev–Trinajstić information content (AvgIpc) is 2.68. The number of benzene rings is 1. The Labute approximate surface area is 151 Å². The number of rotatable bonds is 4. The molecule has 2 aromatic heterocycles. The molecule has 2 heterocycles. The number of aryl methyl sites for hydroxylation is 1. The highest BCUT2D eigenvalue weighted by Gasteiger charge is 2.16. The number of hydrogen-bond acceptors (Lipinski definition) is 4. The summed E-state index contributed by atoms with van der Waals surface area (Å²) in [5.41, 5.74) is 3.52. The maximum absolute atomic E-state index is 12.5. The van der Waals surface area contributed by atoms with Gasteiger partial charge in [0.05, 0.1) is 11.4 Å². The standard InChI is InChI=1S/C20H18N4O2/c1-13-9-10-15(23-19(25)16-7-3-5-11-21-16)18(14(13)2)24-20(26)17-8-4-6-12-22-17/h3-12H,1-2H3,(H,23,25)(H,24,26). The molecule has 0 bridgehead atoms. The van der Waals surface area contributed by atoms with Crippen molar-refractivity contribution in [2.45, 2.75) is 13.8 Å². The quantitative estimate of drug-likeness (QED) is 0.756. The van der Waals surface area contributed by atoms with Gasteiger partial charge in [-0.2, -0.15) is 0 Å². The topological polar surface area (TPSA) is 84.0 Å². The normalized spacial score (nSPS) is 10.2. The summed E-state index contributed by atoms with van der Waals surface area (Å²) in [4.78, 5) is 33.0. The molecule has 0 aliphatic heterocycles. The second kappa shape index (κ2) is 7.57. The zero-order valence-corrected chi connectivity index (χ0v) is 14.5. The van der Waals surface area contributed by atoms with Gasteiger partial charge >= 0.3 is 0 Å². The molecule has 3 aromatic rings. The second-order valence-corrected chi connectivity index (χ2v) is 5.77. The Balaban J connectivity index is 1.90. The molecule has 0 aliphatic carbocycles. The van der Waals surface area contributed by atoms with E-state index in [0.29, 0.717) is 22.8 Å². The number of aromatic nitrogens is 2. The van der Waals surface area contributed by atoms with Gasteiger partial charge in [-0.1, -0.05) is 18.2 Å². The zero-order chi connectivity index (χ0) is 18.5. The van der Waals surface area contributed by atoms with E-state index in [0.717, 1.165) is 11.1 Å². The lowest BCUT2D eigenvalue weighted by Gasteiger charge is -2.16. The summed E-state index contributed by atoms with van der Waals surface area (Å²) >= 11 is 0. The Morgan fingerprint density at radius 1 is 0.769 bits per heavy atom. The summed E-state index contributed by atoms with van der Waals surface area (Å²) < 4.78 is 0. The van der Waals surface area contributed by atoms with E-state index in [1.54, 1.807) is 54.9 Å². The summed E-state index contributed by atoms with van der Waals surface area (Å²) in [6, 6.07) is 13.9. The van der Waals surface area contributed by atoms with Crippen molar-refractivity contribution >= 4 is 23.2 Å². The van der Waals surface area contributed by atoms with Crippen LogP contribution in [0.5, 0.6) is 0 Å². The van der Waals surface area contributed by atoms with Crippen molar-refractivity contribution in [3.63, 3.8) is 0 Å². The van der Waals surface area contributed by atoms with Crippen LogP contribution in [-0.2, 0) is 0 Å². The van der Waals surface area contributed by atoms with E-state index in [1.807, 2.05) is 19.9 Å². The molecular weight excluding hydrogens is 328 g/mol. The van der Waals surface area contributed by atoms with Gasteiger partial charge in [-0.05, 0) is 55.3 Å². The molecule has 130 valence electrons. The Morgan fingerprint density at radius 3 is 1.88 bits per heavy atom. The molecule has 0 unspecified atom stereocenters. The first kappa shape index (κ1) is 17.3. The van der Waals surface area contributed by atoms with Crippen LogP contribution in [0.4, 0.5) is 11.4 Å². The van der Waals surface area contributed by atoms with E-state index in [1.165, 1.54) is 0 Å². The van der Waals surface area contributed by atoms with E-state index in [9.17, 15) is 9.59 Å². The van der Waals surface area contributed by atoms with Gasteiger partial charge in [0, 0.05) is 12.4 Å². The van der Waals surface area contributed by atoms with Gasteiger partial charge in [0.25, 0.3) is 11.8 Å². The van der Waals surface area contributed by atoms with Crippen molar-refractivity contribution < 1.29 is 9.59 Å². The van der Waals surface area contributed by atoms with Crippen LogP contribution in [0.2, 0.25) is 0 Å². The first-order valence-corrected chi connectivity index (χ1v) is 8.11. The van der Waals surface area contributed by atoms with E-state index in [4.69, 9.17) is 0 Å². The molecule has 3 rings (SSSR count). The summed E-state index contributed by atoms with van der Waals surface area (Å²) in [6.07, 6.45) is 3.11. The Kier molecular flexibility index (Phi) is 5.03. The maximum atomic E-state index is 12.5. The van der Waals surface area contributed by atoms with E-state index >= 15 is 0 Å². The molecule has 0 spiro atoms. The van der Waals surface area contributed by atoms with Crippen LogP contribution >= 0.6 is 0 Å². The van der Waals surface area contributed by atoms with Crippen LogP contribution in [-0.4, -0.2) is 21.8 Å². The lowest BCUT2D eigenvalue weighted by Crippen LogP contribution is -2.19. The van der Waals surface area contributed by atoms with Crippen LogP contribution in [0.1, 0.15) is 32.1 Å². The van der Waals surface area contributed by atoms with Crippen LogP contribution in [0, 0.1) is 13.8 Å². The van der Waals surface area contributed by atoms with Crippen molar-refractivity contribution in [3.8, 4) is 0 Å². The number of pyridine rings is 2. The summed E-state index contributed by atoms with van der Waals surface area (Å²) in [5, 5.41) is 5.67.